The SMILES string of the molecule is CCOc1ccc(N(C)C(C)(C)CCO)cc1. The third-order valence-electron chi connectivity index (χ3n) is 3.17. The molecule has 1 aromatic rings. The fourth-order valence-electron chi connectivity index (χ4n) is 1.72. The zero-order valence-electron chi connectivity index (χ0n) is 11.2. The normalized spacial score (nSPS) is 11.4. The maximum Gasteiger partial charge on any atom is 0.119 e. The Balaban J connectivity index is 2.78. The molecule has 1 aromatic carbocycles. The van der Waals surface area contributed by atoms with Crippen LogP contribution in [-0.2, 0) is 0 Å². The molecule has 0 saturated carbocycles. The van der Waals surface area contributed by atoms with E-state index in [1.807, 2.05) is 38.2 Å². The maximum atomic E-state index is 9.07. The lowest BCUT2D eigenvalue weighted by atomic mass is 9.98. The molecule has 96 valence electrons. The van der Waals surface area contributed by atoms with E-state index in [-0.39, 0.29) is 12.1 Å². The van der Waals surface area contributed by atoms with Crippen LogP contribution in [0.4, 0.5) is 5.69 Å². The Morgan fingerprint density at radius 1 is 1.24 bits per heavy atom. The van der Waals surface area contributed by atoms with Crippen LogP contribution >= 0.6 is 0 Å². The van der Waals surface area contributed by atoms with Gasteiger partial charge in [0.25, 0.3) is 0 Å². The minimum Gasteiger partial charge on any atom is -0.494 e. The van der Waals surface area contributed by atoms with Crippen LogP contribution in [0.25, 0.3) is 0 Å². The van der Waals surface area contributed by atoms with Crippen LogP contribution in [0.1, 0.15) is 27.2 Å². The van der Waals surface area contributed by atoms with Crippen molar-refractivity contribution in [3.63, 3.8) is 0 Å². The van der Waals surface area contributed by atoms with Gasteiger partial charge >= 0.3 is 0 Å². The lowest BCUT2D eigenvalue weighted by Crippen LogP contribution is -2.41. The summed E-state index contributed by atoms with van der Waals surface area (Å²) in [6.07, 6.45) is 0.747. The van der Waals surface area contributed by atoms with Gasteiger partial charge in [-0.25, -0.2) is 0 Å². The number of aliphatic hydroxyl groups excluding tert-OH is 1. The quantitative estimate of drug-likeness (QED) is 0.825. The molecule has 0 fully saturated rings. The molecule has 3 nitrogen and oxygen atoms in total. The van der Waals surface area contributed by atoms with Crippen LogP contribution in [0, 0.1) is 0 Å². The first-order valence-electron chi connectivity index (χ1n) is 6.09. The van der Waals surface area contributed by atoms with Gasteiger partial charge in [-0.1, -0.05) is 0 Å². The third kappa shape index (κ3) is 3.63. The number of benzene rings is 1. The van der Waals surface area contributed by atoms with Crippen LogP contribution in [0.2, 0.25) is 0 Å². The van der Waals surface area contributed by atoms with Crippen molar-refractivity contribution in [1.29, 1.82) is 0 Å². The molecular weight excluding hydrogens is 214 g/mol. The zero-order chi connectivity index (χ0) is 12.9. The highest BCUT2D eigenvalue weighted by molar-refractivity contribution is 5.50. The Morgan fingerprint density at radius 2 is 1.82 bits per heavy atom. The van der Waals surface area contributed by atoms with Crippen molar-refractivity contribution in [2.45, 2.75) is 32.7 Å². The van der Waals surface area contributed by atoms with E-state index in [2.05, 4.69) is 18.7 Å². The second-order valence-electron chi connectivity index (χ2n) is 4.77. The largest absolute Gasteiger partial charge is 0.494 e. The van der Waals surface area contributed by atoms with Gasteiger partial charge in [-0.15, -0.1) is 0 Å². The van der Waals surface area contributed by atoms with Gasteiger partial charge in [0.1, 0.15) is 5.75 Å². The molecule has 0 amide bonds. The minimum atomic E-state index is -0.0537. The van der Waals surface area contributed by atoms with Gasteiger partial charge in [0, 0.05) is 24.9 Å². The monoisotopic (exact) mass is 237 g/mol. The lowest BCUT2D eigenvalue weighted by Gasteiger charge is -2.37. The van der Waals surface area contributed by atoms with Crippen molar-refractivity contribution in [2.75, 3.05) is 25.2 Å². The molecule has 0 atom stereocenters. The highest BCUT2D eigenvalue weighted by atomic mass is 16.5. The predicted molar refractivity (Wildman–Crippen MR) is 71.8 cm³/mol. The molecule has 0 aliphatic heterocycles. The molecule has 3 heteroatoms. The van der Waals surface area contributed by atoms with Crippen molar-refractivity contribution >= 4 is 5.69 Å². The summed E-state index contributed by atoms with van der Waals surface area (Å²) in [6, 6.07) is 8.04. The summed E-state index contributed by atoms with van der Waals surface area (Å²) in [5, 5.41) is 9.07. The molecule has 0 saturated heterocycles. The number of hydrogen-bond acceptors (Lipinski definition) is 3. The maximum absolute atomic E-state index is 9.07. The smallest absolute Gasteiger partial charge is 0.119 e. The third-order valence-corrected chi connectivity index (χ3v) is 3.17. The van der Waals surface area contributed by atoms with E-state index in [9.17, 15) is 0 Å². The summed E-state index contributed by atoms with van der Waals surface area (Å²) in [6.45, 7) is 7.11. The summed E-state index contributed by atoms with van der Waals surface area (Å²) in [4.78, 5) is 2.18. The number of aliphatic hydroxyl groups is 1. The highest BCUT2D eigenvalue weighted by Crippen LogP contribution is 2.26. The van der Waals surface area contributed by atoms with Gasteiger partial charge in [0.15, 0.2) is 0 Å². The molecule has 0 aliphatic carbocycles. The van der Waals surface area contributed by atoms with Gasteiger partial charge in [-0.05, 0) is 51.5 Å². The zero-order valence-corrected chi connectivity index (χ0v) is 11.2. The van der Waals surface area contributed by atoms with Gasteiger partial charge < -0.3 is 14.7 Å². The highest BCUT2D eigenvalue weighted by Gasteiger charge is 2.22. The van der Waals surface area contributed by atoms with E-state index in [1.165, 1.54) is 0 Å². The second kappa shape index (κ2) is 5.92. The summed E-state index contributed by atoms with van der Waals surface area (Å²) < 4.78 is 5.42. The van der Waals surface area contributed by atoms with Crippen molar-refractivity contribution in [3.8, 4) is 5.75 Å². The van der Waals surface area contributed by atoms with E-state index in [4.69, 9.17) is 9.84 Å². The van der Waals surface area contributed by atoms with Crippen molar-refractivity contribution in [3.05, 3.63) is 24.3 Å². The van der Waals surface area contributed by atoms with Crippen molar-refractivity contribution < 1.29 is 9.84 Å². The summed E-state index contributed by atoms with van der Waals surface area (Å²) in [5.74, 6) is 0.893. The Kier molecular flexibility index (Phi) is 4.82. The molecule has 0 aliphatic rings. The van der Waals surface area contributed by atoms with Gasteiger partial charge in [-0.2, -0.15) is 0 Å². The molecule has 17 heavy (non-hydrogen) atoms. The number of hydrogen-bond donors (Lipinski definition) is 1. The fourth-order valence-corrected chi connectivity index (χ4v) is 1.72. The molecule has 0 spiro atoms. The predicted octanol–water partition coefficient (Wildman–Crippen LogP) is 2.68. The minimum absolute atomic E-state index is 0.0537. The van der Waals surface area contributed by atoms with E-state index in [1.54, 1.807) is 0 Å². The van der Waals surface area contributed by atoms with Gasteiger partial charge in [0.2, 0.25) is 0 Å². The average molecular weight is 237 g/mol. The van der Waals surface area contributed by atoms with E-state index in [0.717, 1.165) is 17.9 Å². The summed E-state index contributed by atoms with van der Waals surface area (Å²) in [5.41, 5.74) is 1.08. The first kappa shape index (κ1) is 13.8. The molecule has 0 unspecified atom stereocenters. The van der Waals surface area contributed by atoms with Crippen LogP contribution in [0.3, 0.4) is 0 Å². The lowest BCUT2D eigenvalue weighted by molar-refractivity contribution is 0.250. The first-order valence-corrected chi connectivity index (χ1v) is 6.09. The van der Waals surface area contributed by atoms with E-state index >= 15 is 0 Å². The van der Waals surface area contributed by atoms with Crippen molar-refractivity contribution in [2.24, 2.45) is 0 Å². The number of ether oxygens (including phenoxy) is 1. The topological polar surface area (TPSA) is 32.7 Å². The summed E-state index contributed by atoms with van der Waals surface area (Å²) >= 11 is 0. The van der Waals surface area contributed by atoms with Crippen LogP contribution in [-0.4, -0.2) is 30.9 Å². The van der Waals surface area contributed by atoms with Crippen molar-refractivity contribution in [1.82, 2.24) is 0 Å². The molecule has 1 rings (SSSR count). The van der Waals surface area contributed by atoms with Crippen LogP contribution in [0.5, 0.6) is 5.75 Å². The standard InChI is InChI=1S/C14H23NO2/c1-5-17-13-8-6-12(7-9-13)15(4)14(2,3)10-11-16/h6-9,16H,5,10-11H2,1-4H3. The number of rotatable bonds is 6. The number of anilines is 1. The van der Waals surface area contributed by atoms with Gasteiger partial charge in [-0.3, -0.25) is 0 Å². The Bertz CT molecular complexity index is 333. The van der Waals surface area contributed by atoms with E-state index in [0.29, 0.717) is 6.61 Å². The van der Waals surface area contributed by atoms with Crippen LogP contribution in [0.15, 0.2) is 24.3 Å². The molecule has 0 bridgehead atoms. The Hall–Kier alpha value is -1.22. The molecular formula is C14H23NO2. The Morgan fingerprint density at radius 3 is 2.29 bits per heavy atom. The van der Waals surface area contributed by atoms with E-state index < -0.39 is 0 Å². The average Bonchev–Trinajstić information content (AvgIpc) is 2.29. The Labute approximate surface area is 104 Å². The number of nitrogens with zero attached hydrogens (tertiary/aromatic N) is 1. The molecule has 1 N–H and O–H groups in total. The molecule has 0 aromatic heterocycles. The molecule has 0 radical (unpaired) electrons. The van der Waals surface area contributed by atoms with Gasteiger partial charge in [0.05, 0.1) is 6.61 Å². The second-order valence-corrected chi connectivity index (χ2v) is 4.77. The summed E-state index contributed by atoms with van der Waals surface area (Å²) in [7, 11) is 2.05. The fraction of sp³-hybridized carbons (Fsp3) is 0.571. The molecule has 0 heterocycles. The first-order chi connectivity index (χ1) is 8.01. The van der Waals surface area contributed by atoms with Crippen LogP contribution < -0.4 is 9.64 Å².